The maximum atomic E-state index is 12.0. The fraction of sp³-hybridized carbons (Fsp3) is 0.350. The molecule has 0 spiro atoms. The Hall–Kier alpha value is -2.44. The van der Waals surface area contributed by atoms with Gasteiger partial charge in [-0.2, -0.15) is 0 Å². The van der Waals surface area contributed by atoms with E-state index in [1.165, 1.54) is 5.69 Å². The van der Waals surface area contributed by atoms with Crippen molar-refractivity contribution in [2.75, 3.05) is 56.6 Å². The minimum Gasteiger partial charge on any atom is -0.492 e. The van der Waals surface area contributed by atoms with E-state index in [4.69, 9.17) is 16.3 Å². The van der Waals surface area contributed by atoms with Crippen molar-refractivity contribution in [2.24, 2.45) is 0 Å². The first-order valence-electron chi connectivity index (χ1n) is 9.07. The second kappa shape index (κ2) is 9.48. The summed E-state index contributed by atoms with van der Waals surface area (Å²) < 4.78 is 5.54. The molecule has 1 aliphatic heterocycles. The molecule has 144 valence electrons. The van der Waals surface area contributed by atoms with Gasteiger partial charge in [0.25, 0.3) is 0 Å². The van der Waals surface area contributed by atoms with Crippen molar-refractivity contribution in [3.8, 4) is 5.75 Å². The lowest BCUT2D eigenvalue weighted by Crippen LogP contribution is -2.44. The van der Waals surface area contributed by atoms with Gasteiger partial charge in [-0.3, -0.25) is 0 Å². The molecule has 0 unspecified atom stereocenters. The second-order valence-electron chi connectivity index (χ2n) is 6.52. The number of urea groups is 1. The van der Waals surface area contributed by atoms with Crippen molar-refractivity contribution in [3.63, 3.8) is 0 Å². The maximum absolute atomic E-state index is 12.0. The molecule has 2 aromatic carbocycles. The molecule has 1 heterocycles. The Morgan fingerprint density at radius 3 is 2.56 bits per heavy atom. The van der Waals surface area contributed by atoms with Gasteiger partial charge in [0.2, 0.25) is 0 Å². The average Bonchev–Trinajstić information content (AvgIpc) is 2.67. The minimum absolute atomic E-state index is 0.253. The van der Waals surface area contributed by atoms with Gasteiger partial charge in [0.15, 0.2) is 0 Å². The van der Waals surface area contributed by atoms with E-state index in [0.29, 0.717) is 23.9 Å². The third kappa shape index (κ3) is 6.05. The van der Waals surface area contributed by atoms with E-state index in [-0.39, 0.29) is 6.03 Å². The number of nitrogens with one attached hydrogen (secondary N) is 2. The van der Waals surface area contributed by atoms with Crippen LogP contribution >= 0.6 is 11.6 Å². The number of carbonyl (C=O) groups is 1. The van der Waals surface area contributed by atoms with Crippen LogP contribution in [-0.4, -0.2) is 57.3 Å². The molecule has 2 amide bonds. The predicted molar refractivity (Wildman–Crippen MR) is 110 cm³/mol. The number of likely N-dealkylation sites (N-methyl/N-ethyl adjacent to an activating group) is 1. The zero-order valence-corrected chi connectivity index (χ0v) is 16.2. The second-order valence-corrected chi connectivity index (χ2v) is 6.96. The van der Waals surface area contributed by atoms with Gasteiger partial charge in [0, 0.05) is 42.6 Å². The summed E-state index contributed by atoms with van der Waals surface area (Å²) in [5.74, 6) is 0.684. The maximum Gasteiger partial charge on any atom is 0.319 e. The van der Waals surface area contributed by atoms with E-state index in [0.717, 1.165) is 31.9 Å². The number of carbonyl (C=O) groups excluding carboxylic acids is 1. The zero-order chi connectivity index (χ0) is 19.1. The first-order chi connectivity index (χ1) is 13.1. The van der Waals surface area contributed by atoms with Crippen LogP contribution in [0.25, 0.3) is 0 Å². The first-order valence-corrected chi connectivity index (χ1v) is 9.45. The Morgan fingerprint density at radius 2 is 1.85 bits per heavy atom. The Labute approximate surface area is 165 Å². The lowest BCUT2D eigenvalue weighted by Gasteiger charge is -2.34. The Morgan fingerprint density at radius 1 is 1.11 bits per heavy atom. The van der Waals surface area contributed by atoms with Gasteiger partial charge >= 0.3 is 6.03 Å². The van der Waals surface area contributed by atoms with Crippen LogP contribution in [0.1, 0.15) is 0 Å². The number of piperazine rings is 1. The zero-order valence-electron chi connectivity index (χ0n) is 15.5. The van der Waals surface area contributed by atoms with E-state index in [1.54, 1.807) is 12.1 Å². The molecular weight excluding hydrogens is 364 g/mol. The standard InChI is InChI=1S/C20H25ClN4O2/c1-24-10-12-25(13-11-24)18-7-5-17(6-8-18)23-20(26)22-9-14-27-19-4-2-3-16(21)15-19/h2-8,15H,9-14H2,1H3,(H2,22,23,26). The molecule has 0 radical (unpaired) electrons. The lowest BCUT2D eigenvalue weighted by molar-refractivity contribution is 0.247. The molecule has 6 nitrogen and oxygen atoms in total. The molecule has 1 saturated heterocycles. The summed E-state index contributed by atoms with van der Waals surface area (Å²) in [6.07, 6.45) is 0. The fourth-order valence-electron chi connectivity index (χ4n) is 2.89. The van der Waals surface area contributed by atoms with Crippen molar-refractivity contribution in [3.05, 3.63) is 53.6 Å². The highest BCUT2D eigenvalue weighted by Crippen LogP contribution is 2.19. The summed E-state index contributed by atoms with van der Waals surface area (Å²) in [6.45, 7) is 4.96. The topological polar surface area (TPSA) is 56.8 Å². The number of amides is 2. The molecule has 0 bridgehead atoms. The number of halogens is 1. The molecule has 0 atom stereocenters. The molecular formula is C20H25ClN4O2. The molecule has 2 N–H and O–H groups in total. The lowest BCUT2D eigenvalue weighted by atomic mass is 10.2. The highest BCUT2D eigenvalue weighted by Gasteiger charge is 2.14. The molecule has 1 fully saturated rings. The number of benzene rings is 2. The fourth-order valence-corrected chi connectivity index (χ4v) is 3.07. The Balaban J connectivity index is 1.39. The molecule has 3 rings (SSSR count). The SMILES string of the molecule is CN1CCN(c2ccc(NC(=O)NCCOc3cccc(Cl)c3)cc2)CC1. The van der Waals surface area contributed by atoms with E-state index >= 15 is 0 Å². The van der Waals surface area contributed by atoms with Crippen LogP contribution in [0.3, 0.4) is 0 Å². The van der Waals surface area contributed by atoms with Crippen LogP contribution in [0.15, 0.2) is 48.5 Å². The van der Waals surface area contributed by atoms with Gasteiger partial charge in [0.1, 0.15) is 12.4 Å². The normalized spacial score (nSPS) is 14.7. The summed E-state index contributed by atoms with van der Waals surface area (Å²) in [5, 5.41) is 6.23. The third-order valence-electron chi connectivity index (χ3n) is 4.45. The van der Waals surface area contributed by atoms with Crippen LogP contribution in [0.5, 0.6) is 5.75 Å². The van der Waals surface area contributed by atoms with Crippen molar-refractivity contribution in [2.45, 2.75) is 0 Å². The molecule has 2 aromatic rings. The Bertz CT molecular complexity index is 746. The van der Waals surface area contributed by atoms with Gasteiger partial charge < -0.3 is 25.2 Å². The number of nitrogens with zero attached hydrogens (tertiary/aromatic N) is 2. The predicted octanol–water partition coefficient (Wildman–Crippen LogP) is 3.29. The summed E-state index contributed by atoms with van der Waals surface area (Å²) in [6, 6.07) is 14.9. The smallest absolute Gasteiger partial charge is 0.319 e. The number of rotatable bonds is 6. The van der Waals surface area contributed by atoms with Gasteiger partial charge in [-0.05, 0) is 49.5 Å². The third-order valence-corrected chi connectivity index (χ3v) is 4.68. The number of ether oxygens (including phenoxy) is 1. The largest absolute Gasteiger partial charge is 0.492 e. The molecule has 0 aliphatic carbocycles. The molecule has 7 heteroatoms. The van der Waals surface area contributed by atoms with E-state index < -0.39 is 0 Å². The highest BCUT2D eigenvalue weighted by atomic mass is 35.5. The van der Waals surface area contributed by atoms with Crippen LogP contribution < -0.4 is 20.3 Å². The highest BCUT2D eigenvalue weighted by molar-refractivity contribution is 6.30. The number of hydrogen-bond donors (Lipinski definition) is 2. The van der Waals surface area contributed by atoms with Gasteiger partial charge in [-0.25, -0.2) is 4.79 Å². The Kier molecular flexibility index (Phi) is 6.79. The van der Waals surface area contributed by atoms with Crippen molar-refractivity contribution < 1.29 is 9.53 Å². The van der Waals surface area contributed by atoms with E-state index in [2.05, 4.69) is 27.5 Å². The van der Waals surface area contributed by atoms with Crippen LogP contribution in [0.4, 0.5) is 16.2 Å². The van der Waals surface area contributed by atoms with E-state index in [9.17, 15) is 4.79 Å². The summed E-state index contributed by atoms with van der Waals surface area (Å²) in [7, 11) is 2.14. The van der Waals surface area contributed by atoms with Gasteiger partial charge in [0.05, 0.1) is 6.54 Å². The number of hydrogen-bond acceptors (Lipinski definition) is 4. The van der Waals surface area contributed by atoms with Crippen LogP contribution in [0, 0.1) is 0 Å². The molecule has 1 aliphatic rings. The van der Waals surface area contributed by atoms with Crippen molar-refractivity contribution in [1.29, 1.82) is 0 Å². The van der Waals surface area contributed by atoms with Gasteiger partial charge in [-0.1, -0.05) is 17.7 Å². The van der Waals surface area contributed by atoms with Crippen LogP contribution in [0.2, 0.25) is 5.02 Å². The minimum atomic E-state index is -0.253. The molecule has 27 heavy (non-hydrogen) atoms. The van der Waals surface area contributed by atoms with Gasteiger partial charge in [-0.15, -0.1) is 0 Å². The number of anilines is 2. The van der Waals surface area contributed by atoms with Crippen LogP contribution in [-0.2, 0) is 0 Å². The van der Waals surface area contributed by atoms with Crippen molar-refractivity contribution >= 4 is 29.0 Å². The summed E-state index contributed by atoms with van der Waals surface area (Å²) >= 11 is 5.90. The quantitative estimate of drug-likeness (QED) is 0.745. The first kappa shape index (κ1) is 19.3. The molecule has 0 saturated carbocycles. The monoisotopic (exact) mass is 388 g/mol. The van der Waals surface area contributed by atoms with Crippen molar-refractivity contribution in [1.82, 2.24) is 10.2 Å². The summed E-state index contributed by atoms with van der Waals surface area (Å²) in [4.78, 5) is 16.7. The van der Waals surface area contributed by atoms with E-state index in [1.807, 2.05) is 36.4 Å². The summed E-state index contributed by atoms with van der Waals surface area (Å²) in [5.41, 5.74) is 1.95. The molecule has 0 aromatic heterocycles. The average molecular weight is 389 g/mol.